The third kappa shape index (κ3) is 2.77. The first kappa shape index (κ1) is 13.4. The zero-order valence-electron chi connectivity index (χ0n) is 10.2. The van der Waals surface area contributed by atoms with Gasteiger partial charge in [0.15, 0.2) is 10.1 Å². The highest BCUT2D eigenvalue weighted by atomic mass is 35.5. The minimum Gasteiger partial charge on any atom is -0.348 e. The van der Waals surface area contributed by atoms with E-state index in [4.69, 9.17) is 11.6 Å². The first-order chi connectivity index (χ1) is 9.74. The Morgan fingerprint density at radius 2 is 2.35 bits per heavy atom. The van der Waals surface area contributed by atoms with Crippen molar-refractivity contribution in [3.05, 3.63) is 50.9 Å². The molecule has 3 rings (SSSR count). The van der Waals surface area contributed by atoms with E-state index in [1.807, 2.05) is 33.5 Å². The third-order valence-electron chi connectivity index (χ3n) is 2.66. The summed E-state index contributed by atoms with van der Waals surface area (Å²) in [5.41, 5.74) is 0.717. The van der Waals surface area contributed by atoms with Crippen molar-refractivity contribution in [2.24, 2.45) is 0 Å². The Morgan fingerprint density at radius 1 is 1.45 bits per heavy atom. The van der Waals surface area contributed by atoms with Gasteiger partial charge in [0.05, 0.1) is 12.2 Å². The average Bonchev–Trinajstić information content (AvgIpc) is 3.11. The van der Waals surface area contributed by atoms with Gasteiger partial charge in [0.25, 0.3) is 0 Å². The molecule has 0 radical (unpaired) electrons. The lowest BCUT2D eigenvalue weighted by atomic mass is 10.3. The fraction of sp³-hybridized carbons (Fsp3) is 0.0769. The van der Waals surface area contributed by atoms with Gasteiger partial charge in [0.1, 0.15) is 0 Å². The van der Waals surface area contributed by atoms with Crippen molar-refractivity contribution in [2.75, 3.05) is 0 Å². The molecule has 1 N–H and O–H groups in total. The SMILES string of the molecule is O=C(/C=C/c1c(Cl)nc2sccn12)NCc1cccs1. The average molecular weight is 324 g/mol. The second kappa shape index (κ2) is 5.78. The normalized spacial score (nSPS) is 11.4. The maximum Gasteiger partial charge on any atom is 0.244 e. The number of thiophene rings is 1. The van der Waals surface area contributed by atoms with Crippen molar-refractivity contribution in [2.45, 2.75) is 6.54 Å². The first-order valence-corrected chi connectivity index (χ1v) is 7.97. The lowest BCUT2D eigenvalue weighted by Gasteiger charge is -1.98. The number of rotatable bonds is 4. The van der Waals surface area contributed by atoms with Gasteiger partial charge in [-0.25, -0.2) is 4.98 Å². The highest BCUT2D eigenvalue weighted by Crippen LogP contribution is 2.22. The van der Waals surface area contributed by atoms with Gasteiger partial charge in [-0.1, -0.05) is 17.7 Å². The molecule has 0 aliphatic rings. The molecule has 0 fully saturated rings. The number of nitrogens with zero attached hydrogens (tertiary/aromatic N) is 2. The second-order valence-electron chi connectivity index (χ2n) is 3.97. The molecule has 3 aromatic heterocycles. The molecular formula is C13H10ClN3OS2. The molecule has 0 aliphatic carbocycles. The number of hydrogen-bond donors (Lipinski definition) is 1. The summed E-state index contributed by atoms with van der Waals surface area (Å²) >= 11 is 9.16. The zero-order valence-corrected chi connectivity index (χ0v) is 12.6. The van der Waals surface area contributed by atoms with Gasteiger partial charge in [0, 0.05) is 22.5 Å². The zero-order chi connectivity index (χ0) is 13.9. The van der Waals surface area contributed by atoms with E-state index in [9.17, 15) is 4.79 Å². The van der Waals surface area contributed by atoms with Crippen LogP contribution in [0.15, 0.2) is 35.2 Å². The molecule has 3 heterocycles. The Kier molecular flexibility index (Phi) is 3.86. The predicted octanol–water partition coefficient (Wildman–Crippen LogP) is 3.44. The molecule has 3 aromatic rings. The summed E-state index contributed by atoms with van der Waals surface area (Å²) in [6, 6.07) is 3.94. The van der Waals surface area contributed by atoms with Crippen LogP contribution >= 0.6 is 34.3 Å². The maximum absolute atomic E-state index is 11.8. The van der Waals surface area contributed by atoms with Crippen molar-refractivity contribution in [1.29, 1.82) is 0 Å². The van der Waals surface area contributed by atoms with Crippen molar-refractivity contribution >= 4 is 51.2 Å². The van der Waals surface area contributed by atoms with Crippen LogP contribution in [-0.2, 0) is 11.3 Å². The summed E-state index contributed by atoms with van der Waals surface area (Å²) in [6.45, 7) is 0.537. The molecular weight excluding hydrogens is 314 g/mol. The van der Waals surface area contributed by atoms with Crippen LogP contribution in [0.3, 0.4) is 0 Å². The van der Waals surface area contributed by atoms with E-state index in [-0.39, 0.29) is 5.91 Å². The Morgan fingerprint density at radius 3 is 3.15 bits per heavy atom. The van der Waals surface area contributed by atoms with Crippen LogP contribution in [0.5, 0.6) is 0 Å². The molecule has 0 saturated heterocycles. The number of amides is 1. The summed E-state index contributed by atoms with van der Waals surface area (Å²) in [5, 5.41) is 7.13. The number of imidazole rings is 1. The smallest absolute Gasteiger partial charge is 0.244 e. The monoisotopic (exact) mass is 323 g/mol. The summed E-state index contributed by atoms with van der Waals surface area (Å²) in [6.07, 6.45) is 5.03. The van der Waals surface area contributed by atoms with E-state index >= 15 is 0 Å². The molecule has 0 aromatic carbocycles. The summed E-state index contributed by atoms with van der Waals surface area (Å²) in [5.74, 6) is -0.153. The van der Waals surface area contributed by atoms with Gasteiger partial charge >= 0.3 is 0 Å². The van der Waals surface area contributed by atoms with Gasteiger partial charge in [-0.2, -0.15) is 0 Å². The number of thiazole rings is 1. The summed E-state index contributed by atoms with van der Waals surface area (Å²) in [4.78, 5) is 17.9. The molecule has 20 heavy (non-hydrogen) atoms. The van der Waals surface area contributed by atoms with E-state index in [0.717, 1.165) is 9.84 Å². The Labute approximate surface area is 128 Å². The first-order valence-electron chi connectivity index (χ1n) is 5.83. The molecule has 0 atom stereocenters. The van der Waals surface area contributed by atoms with Crippen LogP contribution in [0, 0.1) is 0 Å². The number of halogens is 1. The lowest BCUT2D eigenvalue weighted by Crippen LogP contribution is -2.19. The molecule has 1 amide bonds. The second-order valence-corrected chi connectivity index (χ2v) is 6.24. The number of carbonyl (C=O) groups excluding carboxylic acids is 1. The van der Waals surface area contributed by atoms with Crippen LogP contribution in [-0.4, -0.2) is 15.3 Å². The van der Waals surface area contributed by atoms with E-state index in [1.54, 1.807) is 17.4 Å². The Bertz CT molecular complexity index is 758. The third-order valence-corrected chi connectivity index (χ3v) is 4.57. The molecule has 0 saturated carbocycles. The quantitative estimate of drug-likeness (QED) is 0.748. The van der Waals surface area contributed by atoms with Crippen LogP contribution in [0.4, 0.5) is 0 Å². The van der Waals surface area contributed by atoms with Gasteiger partial charge in [-0.05, 0) is 17.5 Å². The topological polar surface area (TPSA) is 46.4 Å². The lowest BCUT2D eigenvalue weighted by molar-refractivity contribution is -0.116. The number of fused-ring (bicyclic) bond motifs is 1. The van der Waals surface area contributed by atoms with Crippen molar-refractivity contribution in [3.63, 3.8) is 0 Å². The summed E-state index contributed by atoms with van der Waals surface area (Å²) in [7, 11) is 0. The van der Waals surface area contributed by atoms with Gasteiger partial charge in [-0.3, -0.25) is 9.20 Å². The largest absolute Gasteiger partial charge is 0.348 e. The fourth-order valence-corrected chi connectivity index (χ4v) is 3.38. The van der Waals surface area contributed by atoms with Crippen LogP contribution in [0.2, 0.25) is 5.15 Å². The molecule has 0 spiro atoms. The van der Waals surface area contributed by atoms with Crippen LogP contribution in [0.1, 0.15) is 10.6 Å². The van der Waals surface area contributed by atoms with Crippen molar-refractivity contribution in [3.8, 4) is 0 Å². The van der Waals surface area contributed by atoms with Gasteiger partial charge < -0.3 is 5.32 Å². The molecule has 0 aliphatic heterocycles. The van der Waals surface area contributed by atoms with Gasteiger partial charge in [0.2, 0.25) is 5.91 Å². The molecule has 0 bridgehead atoms. The van der Waals surface area contributed by atoms with Crippen LogP contribution in [0.25, 0.3) is 11.0 Å². The predicted molar refractivity (Wildman–Crippen MR) is 83.3 cm³/mol. The summed E-state index contributed by atoms with van der Waals surface area (Å²) < 4.78 is 1.86. The molecule has 0 unspecified atom stereocenters. The number of carbonyl (C=O) groups is 1. The van der Waals surface area contributed by atoms with E-state index in [1.165, 1.54) is 17.4 Å². The van der Waals surface area contributed by atoms with Crippen molar-refractivity contribution in [1.82, 2.24) is 14.7 Å². The van der Waals surface area contributed by atoms with E-state index < -0.39 is 0 Å². The molecule has 7 heteroatoms. The number of nitrogens with one attached hydrogen (secondary N) is 1. The fourth-order valence-electron chi connectivity index (χ4n) is 1.73. The minimum absolute atomic E-state index is 0.153. The highest BCUT2D eigenvalue weighted by Gasteiger charge is 2.08. The standard InChI is InChI=1S/C13H10ClN3OS2/c14-12-10(17-5-7-20-13(17)16-12)3-4-11(18)15-8-9-2-1-6-19-9/h1-7H,8H2,(H,15,18)/b4-3+. The van der Waals surface area contributed by atoms with Crippen molar-refractivity contribution < 1.29 is 4.79 Å². The Hall–Kier alpha value is -1.63. The maximum atomic E-state index is 11.8. The number of aromatic nitrogens is 2. The van der Waals surface area contributed by atoms with E-state index in [2.05, 4.69) is 10.3 Å². The highest BCUT2D eigenvalue weighted by molar-refractivity contribution is 7.15. The van der Waals surface area contributed by atoms with Gasteiger partial charge in [-0.15, -0.1) is 22.7 Å². The van der Waals surface area contributed by atoms with Crippen LogP contribution < -0.4 is 5.32 Å². The Balaban J connectivity index is 1.68. The minimum atomic E-state index is -0.153. The number of hydrogen-bond acceptors (Lipinski definition) is 4. The molecule has 102 valence electrons. The van der Waals surface area contributed by atoms with E-state index in [0.29, 0.717) is 17.4 Å². The molecule has 4 nitrogen and oxygen atoms in total.